The normalized spacial score (nSPS) is 26.5. The summed E-state index contributed by atoms with van der Waals surface area (Å²) in [5.74, 6) is 0.119. The van der Waals surface area contributed by atoms with Crippen LogP contribution in [0.25, 0.3) is 0 Å². The Hall–Kier alpha value is -0.870. The number of nitrogens with one attached hydrogen (secondary N) is 2. The molecule has 0 bridgehead atoms. The number of hydrogen-bond acceptors (Lipinski definition) is 3. The van der Waals surface area contributed by atoms with Crippen LogP contribution >= 0.6 is 0 Å². The monoisotopic (exact) mass is 266 g/mol. The predicted octanol–water partition coefficient (Wildman–Crippen LogP) is 1.62. The van der Waals surface area contributed by atoms with Crippen LogP contribution in [-0.4, -0.2) is 38.3 Å². The van der Waals surface area contributed by atoms with Crippen LogP contribution < -0.4 is 10.6 Å². The molecule has 0 saturated carbocycles. The lowest BCUT2D eigenvalue weighted by molar-refractivity contribution is -0.125. The molecule has 2 N–H and O–H groups in total. The third-order valence-electron chi connectivity index (χ3n) is 3.95. The van der Waals surface area contributed by atoms with Crippen molar-refractivity contribution in [2.75, 3.05) is 26.3 Å². The standard InChI is InChI=1S/C15H26N2O2/c1-2-8-16-14-11-19-10-13(14)15(18)17-9-7-12-5-3-4-6-12/h5,13-14,16H,2-4,6-11H2,1H3,(H,17,18). The Morgan fingerprint density at radius 1 is 1.42 bits per heavy atom. The fraction of sp³-hybridized carbons (Fsp3) is 0.800. The molecule has 1 aliphatic heterocycles. The molecule has 4 nitrogen and oxygen atoms in total. The molecule has 2 rings (SSSR count). The Balaban J connectivity index is 1.69. The van der Waals surface area contributed by atoms with E-state index in [-0.39, 0.29) is 17.9 Å². The third-order valence-corrected chi connectivity index (χ3v) is 3.95. The highest BCUT2D eigenvalue weighted by molar-refractivity contribution is 5.79. The lowest BCUT2D eigenvalue weighted by Gasteiger charge is -2.18. The molecule has 1 aliphatic carbocycles. The summed E-state index contributed by atoms with van der Waals surface area (Å²) in [7, 11) is 0. The Morgan fingerprint density at radius 2 is 2.32 bits per heavy atom. The topological polar surface area (TPSA) is 50.4 Å². The van der Waals surface area contributed by atoms with Gasteiger partial charge in [-0.15, -0.1) is 0 Å². The molecule has 0 spiro atoms. The molecule has 0 aromatic rings. The SMILES string of the molecule is CCCNC1COCC1C(=O)NCCC1=CCCC1. The first-order valence-corrected chi connectivity index (χ1v) is 7.58. The van der Waals surface area contributed by atoms with Crippen molar-refractivity contribution in [1.29, 1.82) is 0 Å². The van der Waals surface area contributed by atoms with Crippen LogP contribution in [0.4, 0.5) is 0 Å². The van der Waals surface area contributed by atoms with Gasteiger partial charge in [0.1, 0.15) is 0 Å². The van der Waals surface area contributed by atoms with Gasteiger partial charge in [-0.2, -0.15) is 0 Å². The number of allylic oxidation sites excluding steroid dienone is 1. The summed E-state index contributed by atoms with van der Waals surface area (Å²) >= 11 is 0. The minimum atomic E-state index is -0.0240. The van der Waals surface area contributed by atoms with Crippen molar-refractivity contribution < 1.29 is 9.53 Å². The number of rotatable bonds is 7. The van der Waals surface area contributed by atoms with Crippen LogP contribution in [0.3, 0.4) is 0 Å². The summed E-state index contributed by atoms with van der Waals surface area (Å²) in [6.45, 7) is 5.05. The molecule has 19 heavy (non-hydrogen) atoms. The van der Waals surface area contributed by atoms with E-state index in [4.69, 9.17) is 4.74 Å². The molecule has 108 valence electrons. The average molecular weight is 266 g/mol. The zero-order chi connectivity index (χ0) is 13.5. The van der Waals surface area contributed by atoms with Crippen molar-refractivity contribution in [3.63, 3.8) is 0 Å². The maximum atomic E-state index is 12.1. The number of carbonyl (C=O) groups is 1. The van der Waals surface area contributed by atoms with E-state index < -0.39 is 0 Å². The Kier molecular flexibility index (Phi) is 5.86. The van der Waals surface area contributed by atoms with Crippen LogP contribution in [0.1, 0.15) is 39.0 Å². The van der Waals surface area contributed by atoms with Crippen molar-refractivity contribution in [3.8, 4) is 0 Å². The first-order valence-electron chi connectivity index (χ1n) is 7.58. The second-order valence-corrected chi connectivity index (χ2v) is 5.50. The molecular weight excluding hydrogens is 240 g/mol. The maximum absolute atomic E-state index is 12.1. The van der Waals surface area contributed by atoms with E-state index in [1.54, 1.807) is 0 Å². The van der Waals surface area contributed by atoms with Gasteiger partial charge in [0, 0.05) is 12.6 Å². The number of ether oxygens (including phenoxy) is 1. The predicted molar refractivity (Wildman–Crippen MR) is 76.0 cm³/mol. The van der Waals surface area contributed by atoms with Crippen LogP contribution in [0, 0.1) is 5.92 Å². The van der Waals surface area contributed by atoms with Crippen LogP contribution in [-0.2, 0) is 9.53 Å². The molecular formula is C15H26N2O2. The van der Waals surface area contributed by atoms with Gasteiger partial charge in [-0.05, 0) is 38.6 Å². The van der Waals surface area contributed by atoms with E-state index in [1.165, 1.54) is 24.8 Å². The van der Waals surface area contributed by atoms with Gasteiger partial charge in [-0.3, -0.25) is 4.79 Å². The molecule has 2 unspecified atom stereocenters. The van der Waals surface area contributed by atoms with E-state index in [1.807, 2.05) is 0 Å². The minimum absolute atomic E-state index is 0.0240. The highest BCUT2D eigenvalue weighted by Gasteiger charge is 2.33. The molecule has 0 aromatic carbocycles. The lowest BCUT2D eigenvalue weighted by atomic mass is 10.0. The van der Waals surface area contributed by atoms with Gasteiger partial charge in [0.25, 0.3) is 0 Å². The Morgan fingerprint density at radius 3 is 3.05 bits per heavy atom. The van der Waals surface area contributed by atoms with Crippen molar-refractivity contribution in [3.05, 3.63) is 11.6 Å². The molecule has 2 aliphatic rings. The van der Waals surface area contributed by atoms with Crippen LogP contribution in [0.2, 0.25) is 0 Å². The van der Waals surface area contributed by atoms with E-state index >= 15 is 0 Å². The molecule has 1 saturated heterocycles. The number of carbonyl (C=O) groups excluding carboxylic acids is 1. The quantitative estimate of drug-likeness (QED) is 0.688. The van der Waals surface area contributed by atoms with Crippen molar-refractivity contribution >= 4 is 5.91 Å². The van der Waals surface area contributed by atoms with Crippen molar-refractivity contribution in [1.82, 2.24) is 10.6 Å². The second kappa shape index (κ2) is 7.65. The fourth-order valence-corrected chi connectivity index (χ4v) is 2.79. The van der Waals surface area contributed by atoms with Gasteiger partial charge in [-0.25, -0.2) is 0 Å². The fourth-order valence-electron chi connectivity index (χ4n) is 2.79. The van der Waals surface area contributed by atoms with E-state index in [0.29, 0.717) is 13.2 Å². The molecule has 2 atom stereocenters. The van der Waals surface area contributed by atoms with Gasteiger partial charge < -0.3 is 15.4 Å². The molecule has 1 amide bonds. The van der Waals surface area contributed by atoms with Gasteiger partial charge in [0.05, 0.1) is 19.1 Å². The summed E-state index contributed by atoms with van der Waals surface area (Å²) in [6.07, 6.45) is 8.11. The van der Waals surface area contributed by atoms with Crippen molar-refractivity contribution in [2.24, 2.45) is 5.92 Å². The molecule has 4 heteroatoms. The molecule has 1 heterocycles. The maximum Gasteiger partial charge on any atom is 0.227 e. The van der Waals surface area contributed by atoms with Gasteiger partial charge >= 0.3 is 0 Å². The van der Waals surface area contributed by atoms with Crippen molar-refractivity contribution in [2.45, 2.75) is 45.1 Å². The molecule has 1 fully saturated rings. The second-order valence-electron chi connectivity index (χ2n) is 5.50. The average Bonchev–Trinajstić information content (AvgIpc) is 3.07. The third kappa shape index (κ3) is 4.32. The number of hydrogen-bond donors (Lipinski definition) is 2. The van der Waals surface area contributed by atoms with Crippen LogP contribution in [0.15, 0.2) is 11.6 Å². The molecule has 0 radical (unpaired) electrons. The first-order chi connectivity index (χ1) is 9.31. The van der Waals surface area contributed by atoms with E-state index in [0.717, 1.165) is 25.9 Å². The lowest BCUT2D eigenvalue weighted by Crippen LogP contribution is -2.44. The van der Waals surface area contributed by atoms with Crippen LogP contribution in [0.5, 0.6) is 0 Å². The van der Waals surface area contributed by atoms with Gasteiger partial charge in [0.2, 0.25) is 5.91 Å². The smallest absolute Gasteiger partial charge is 0.227 e. The summed E-state index contributed by atoms with van der Waals surface area (Å²) in [4.78, 5) is 12.1. The minimum Gasteiger partial charge on any atom is -0.379 e. The summed E-state index contributed by atoms with van der Waals surface area (Å²) in [5.41, 5.74) is 1.50. The zero-order valence-corrected chi connectivity index (χ0v) is 11.9. The number of amides is 1. The molecule has 0 aromatic heterocycles. The highest BCUT2D eigenvalue weighted by atomic mass is 16.5. The van der Waals surface area contributed by atoms with Gasteiger partial charge in [-0.1, -0.05) is 18.6 Å². The largest absolute Gasteiger partial charge is 0.379 e. The summed E-state index contributed by atoms with van der Waals surface area (Å²) < 4.78 is 5.43. The summed E-state index contributed by atoms with van der Waals surface area (Å²) in [6, 6.07) is 0.186. The zero-order valence-electron chi connectivity index (χ0n) is 11.9. The van der Waals surface area contributed by atoms with E-state index in [9.17, 15) is 4.79 Å². The van der Waals surface area contributed by atoms with Gasteiger partial charge in [0.15, 0.2) is 0 Å². The van der Waals surface area contributed by atoms with E-state index in [2.05, 4.69) is 23.6 Å². The highest BCUT2D eigenvalue weighted by Crippen LogP contribution is 2.20. The Labute approximate surface area is 116 Å². The Bertz CT molecular complexity index is 328. The first kappa shape index (κ1) is 14.5. The summed E-state index contributed by atoms with van der Waals surface area (Å²) in [5, 5.41) is 6.45.